The number of para-hydroxylation sites is 1. The molecule has 1 aliphatic carbocycles. The number of nitrogens with zero attached hydrogens (tertiary/aromatic N) is 4. The number of ether oxygens (including phenoxy) is 3. The van der Waals surface area contributed by atoms with E-state index in [-0.39, 0.29) is 29.8 Å². The van der Waals surface area contributed by atoms with Crippen molar-refractivity contribution in [2.45, 2.75) is 87.5 Å². The molecule has 4 aromatic rings. The maximum Gasteiger partial charge on any atom is 0.322 e. The topological polar surface area (TPSA) is 180 Å². The summed E-state index contributed by atoms with van der Waals surface area (Å²) in [6, 6.07) is 16.7. The first-order chi connectivity index (χ1) is 32.2. The minimum Gasteiger partial charge on any atom is -0.496 e. The van der Waals surface area contributed by atoms with Gasteiger partial charge in [-0.25, -0.2) is 0 Å². The van der Waals surface area contributed by atoms with Crippen LogP contribution in [0.1, 0.15) is 79.2 Å². The van der Waals surface area contributed by atoms with Gasteiger partial charge in [0.1, 0.15) is 22.9 Å². The molecule has 1 saturated heterocycles. The number of esters is 2. The number of aliphatic hydroxyl groups is 1. The van der Waals surface area contributed by atoms with Gasteiger partial charge in [-0.3, -0.25) is 34.3 Å². The quantitative estimate of drug-likeness (QED) is 0.0737. The number of carbonyl (C=O) groups excluding carboxylic acids is 3. The van der Waals surface area contributed by atoms with Crippen LogP contribution in [0, 0.1) is 21.4 Å². The minimum absolute atomic E-state index is 0.00599. The molecule has 1 aromatic heterocycles. The molecule has 3 N–H and O–H groups in total. The summed E-state index contributed by atoms with van der Waals surface area (Å²) in [5.74, 6) is -1.02. The molecule has 1 amide bonds. The molecule has 15 nitrogen and oxygen atoms in total. The number of benzene rings is 3. The average Bonchev–Trinajstić information content (AvgIpc) is 4.00. The highest BCUT2D eigenvalue weighted by Gasteiger charge is 2.78. The zero-order chi connectivity index (χ0) is 47.2. The fourth-order valence-electron chi connectivity index (χ4n) is 14.1. The van der Waals surface area contributed by atoms with E-state index in [1.807, 2.05) is 25.2 Å². The number of fused-ring (bicyclic) bond motifs is 6. The lowest BCUT2D eigenvalue weighted by Gasteiger charge is -2.64. The Labute approximate surface area is 390 Å². The molecule has 2 unspecified atom stereocenters. The Morgan fingerprint density at radius 3 is 2.51 bits per heavy atom. The molecule has 3 aromatic carbocycles. The van der Waals surface area contributed by atoms with Crippen LogP contribution in [0.15, 0.2) is 84.5 Å². The highest BCUT2D eigenvalue weighted by atomic mass is 16.6. The number of nitro benzene ring substituents is 1. The van der Waals surface area contributed by atoms with Gasteiger partial charge in [0, 0.05) is 109 Å². The van der Waals surface area contributed by atoms with Crippen molar-refractivity contribution in [1.82, 2.24) is 20.1 Å². The van der Waals surface area contributed by atoms with Crippen molar-refractivity contribution in [2.24, 2.45) is 11.3 Å². The summed E-state index contributed by atoms with van der Waals surface area (Å²) in [6.07, 6.45) is 8.60. The van der Waals surface area contributed by atoms with Crippen LogP contribution in [0.4, 0.5) is 11.4 Å². The Morgan fingerprint density at radius 1 is 1.03 bits per heavy atom. The van der Waals surface area contributed by atoms with Crippen LogP contribution in [0.3, 0.4) is 0 Å². The minimum atomic E-state index is -1.91. The normalized spacial score (nSPS) is 31.5. The summed E-state index contributed by atoms with van der Waals surface area (Å²) in [6.45, 7) is 9.09. The van der Waals surface area contributed by atoms with Gasteiger partial charge in [0.15, 0.2) is 0 Å². The zero-order valence-corrected chi connectivity index (χ0v) is 39.1. The number of anilines is 1. The predicted molar refractivity (Wildman–Crippen MR) is 252 cm³/mol. The number of rotatable bonds is 10. The number of hydrogen-bond acceptors (Lipinski definition) is 12. The number of nitrogens with one attached hydrogen (secondary N) is 2. The summed E-state index contributed by atoms with van der Waals surface area (Å²) in [7, 11) is 5.02. The van der Waals surface area contributed by atoms with Gasteiger partial charge in [-0.2, -0.15) is 0 Å². The van der Waals surface area contributed by atoms with E-state index in [9.17, 15) is 24.8 Å². The van der Waals surface area contributed by atoms with Crippen molar-refractivity contribution < 1.29 is 38.6 Å². The molecule has 10 rings (SSSR count). The molecule has 2 fully saturated rings. The van der Waals surface area contributed by atoms with Crippen LogP contribution in [0.2, 0.25) is 0 Å². The highest BCUT2D eigenvalue weighted by molar-refractivity contribution is 5.95. The van der Waals surface area contributed by atoms with Crippen molar-refractivity contribution in [3.05, 3.63) is 123 Å². The first-order valence-corrected chi connectivity index (χ1v) is 23.6. The SMILES string of the molecule is CCC1=C[C@@H]2CN(CCc3c([nH]c4ccccc34)[C@@](C(=O)OC)(c3cc4c(cc3OC)N(C)[C@H]3[C@@](O)(CNC(=O)c5ccc([N+](=O)[O-])cc5)[C@H](OC(C)=O)[C@]5(CC)C=CCN6CC[C@]43C65)C2)C1. The second kappa shape index (κ2) is 16.3. The summed E-state index contributed by atoms with van der Waals surface area (Å²) in [5.41, 5.74) is 1.50. The van der Waals surface area contributed by atoms with Gasteiger partial charge in [0.05, 0.1) is 31.7 Å². The molecule has 352 valence electrons. The third-order valence-electron chi connectivity index (χ3n) is 16.5. The number of hydrogen-bond donors (Lipinski definition) is 3. The molecule has 5 aliphatic heterocycles. The zero-order valence-electron chi connectivity index (χ0n) is 39.1. The molecular weight excluding hydrogens is 853 g/mol. The number of aromatic amines is 1. The molecule has 2 bridgehead atoms. The van der Waals surface area contributed by atoms with Crippen molar-refractivity contribution in [1.29, 1.82) is 0 Å². The first kappa shape index (κ1) is 44.8. The molecule has 1 saturated carbocycles. The van der Waals surface area contributed by atoms with Crippen molar-refractivity contribution >= 4 is 40.1 Å². The second-order valence-corrected chi connectivity index (χ2v) is 19.7. The van der Waals surface area contributed by atoms with Gasteiger partial charge in [-0.15, -0.1) is 0 Å². The largest absolute Gasteiger partial charge is 0.496 e. The van der Waals surface area contributed by atoms with E-state index in [4.69, 9.17) is 14.2 Å². The van der Waals surface area contributed by atoms with E-state index in [1.165, 1.54) is 43.9 Å². The molecule has 6 heterocycles. The number of amides is 1. The van der Waals surface area contributed by atoms with Gasteiger partial charge in [0.25, 0.3) is 11.6 Å². The van der Waals surface area contributed by atoms with Crippen LogP contribution < -0.4 is 15.0 Å². The van der Waals surface area contributed by atoms with E-state index in [2.05, 4.69) is 75.3 Å². The van der Waals surface area contributed by atoms with E-state index in [0.717, 1.165) is 59.5 Å². The van der Waals surface area contributed by atoms with Crippen molar-refractivity contribution in [3.63, 3.8) is 0 Å². The van der Waals surface area contributed by atoms with Gasteiger partial charge in [0.2, 0.25) is 0 Å². The van der Waals surface area contributed by atoms with Gasteiger partial charge < -0.3 is 34.5 Å². The Bertz CT molecular complexity index is 2750. The highest BCUT2D eigenvalue weighted by Crippen LogP contribution is 2.68. The molecule has 6 aliphatic rings. The molecule has 1 spiro atoms. The standard InChI is InChI=1S/C52H60N6O9/c1-7-32-24-33-27-51(48(61)66-6,43-37(18-22-56(28-32)29-33)36-12-9-10-13-40(36)54-43)39-25-38-41(26-42(39)65-5)55(4)46-50(38)20-23-57-21-11-19-49(8-2,45(50)57)47(67-31(3)59)52(46,62)30-53-44(60)34-14-16-35(17-15-34)58(63)64/h9-17,19,24-26,33,45-47,54,62H,7-8,18,20-23,27-30H2,1-6H3,(H,53,60)/t33-,45?,46+,47+,49+,50+,51-,52-/m0/s1. The van der Waals surface area contributed by atoms with Gasteiger partial charge >= 0.3 is 11.9 Å². The average molecular weight is 913 g/mol. The van der Waals surface area contributed by atoms with E-state index < -0.39 is 56.8 Å². The Morgan fingerprint density at radius 2 is 1.81 bits per heavy atom. The maximum absolute atomic E-state index is 15.5. The number of aromatic nitrogens is 1. The first-order valence-electron chi connectivity index (χ1n) is 23.6. The second-order valence-electron chi connectivity index (χ2n) is 19.7. The van der Waals surface area contributed by atoms with Gasteiger partial charge in [-0.1, -0.05) is 55.8 Å². The molecule has 15 heteroatoms. The third-order valence-corrected chi connectivity index (χ3v) is 16.5. The fraction of sp³-hybridized carbons (Fsp3) is 0.481. The van der Waals surface area contributed by atoms with Crippen LogP contribution >= 0.6 is 0 Å². The number of nitro groups is 1. The maximum atomic E-state index is 15.5. The summed E-state index contributed by atoms with van der Waals surface area (Å²) in [4.78, 5) is 64.5. The molecular formula is C52H60N6O9. The summed E-state index contributed by atoms with van der Waals surface area (Å²) in [5, 5.41) is 29.4. The van der Waals surface area contributed by atoms with Crippen LogP contribution in [0.25, 0.3) is 10.9 Å². The molecule has 67 heavy (non-hydrogen) atoms. The lowest BCUT2D eigenvalue weighted by Crippen LogP contribution is -2.81. The van der Waals surface area contributed by atoms with Gasteiger partial charge in [-0.05, 0) is 80.0 Å². The summed E-state index contributed by atoms with van der Waals surface area (Å²) < 4.78 is 18.9. The van der Waals surface area contributed by atoms with E-state index in [1.54, 1.807) is 7.11 Å². The Kier molecular flexibility index (Phi) is 10.9. The Hall–Kier alpha value is -6.03. The van der Waals surface area contributed by atoms with Crippen LogP contribution in [-0.2, 0) is 36.3 Å². The number of methoxy groups -OCH3 is 2. The summed E-state index contributed by atoms with van der Waals surface area (Å²) >= 11 is 0. The van der Waals surface area contributed by atoms with Crippen LogP contribution in [0.5, 0.6) is 5.75 Å². The number of likely N-dealkylation sites (N-methyl/N-ethyl adjacent to an activating group) is 1. The number of carbonyl (C=O) groups is 3. The number of non-ortho nitro benzene ring substituents is 1. The Balaban J connectivity index is 1.21. The van der Waals surface area contributed by atoms with Crippen molar-refractivity contribution in [3.8, 4) is 5.75 Å². The lowest BCUT2D eigenvalue weighted by molar-refractivity contribution is -0.384. The molecule has 0 radical (unpaired) electrons. The van der Waals surface area contributed by atoms with Crippen molar-refractivity contribution in [2.75, 3.05) is 65.4 Å². The smallest absolute Gasteiger partial charge is 0.322 e. The lowest BCUT2D eigenvalue weighted by atomic mass is 9.47. The predicted octanol–water partition coefficient (Wildman–Crippen LogP) is 5.96. The number of H-pyrrole nitrogens is 1. The van der Waals surface area contributed by atoms with E-state index in [0.29, 0.717) is 50.1 Å². The third kappa shape index (κ3) is 6.43. The fourth-order valence-corrected chi connectivity index (χ4v) is 14.1. The van der Waals surface area contributed by atoms with Crippen LogP contribution in [-0.4, -0.2) is 127 Å². The van der Waals surface area contributed by atoms with E-state index >= 15 is 4.79 Å². The molecule has 9 atom stereocenters. The monoisotopic (exact) mass is 912 g/mol.